The molecule has 1 aromatic carbocycles. The highest BCUT2D eigenvalue weighted by atomic mass is 32.2. The molecule has 2 aromatic rings. The summed E-state index contributed by atoms with van der Waals surface area (Å²) in [4.78, 5) is 16.1. The van der Waals surface area contributed by atoms with Gasteiger partial charge in [0, 0.05) is 31.2 Å². The van der Waals surface area contributed by atoms with Crippen molar-refractivity contribution in [3.8, 4) is 0 Å². The van der Waals surface area contributed by atoms with Crippen LogP contribution in [0.3, 0.4) is 0 Å². The summed E-state index contributed by atoms with van der Waals surface area (Å²) in [5.74, 6) is -4.71. The van der Waals surface area contributed by atoms with Crippen LogP contribution in [0.25, 0.3) is 5.57 Å². The van der Waals surface area contributed by atoms with Gasteiger partial charge in [0.15, 0.2) is 5.78 Å². The van der Waals surface area contributed by atoms with E-state index in [9.17, 15) is 36.2 Å². The molecule has 0 amide bonds. The number of Topliss-reactive ketones (excluding diaryl/α,β-unsaturated/α-hetero) is 1. The van der Waals surface area contributed by atoms with E-state index in [1.807, 2.05) is 0 Å². The van der Waals surface area contributed by atoms with E-state index < -0.39 is 51.9 Å². The van der Waals surface area contributed by atoms with E-state index in [1.165, 1.54) is 17.8 Å². The van der Waals surface area contributed by atoms with Crippen LogP contribution in [0.4, 0.5) is 26.3 Å². The Morgan fingerprint density at radius 1 is 1.10 bits per heavy atom. The molecule has 0 spiro atoms. The molecule has 1 aliphatic carbocycles. The number of carbonyl (C=O) groups is 1. The molecule has 3 nitrogen and oxygen atoms in total. The number of hydrogen-bond acceptors (Lipinski definition) is 4. The highest BCUT2D eigenvalue weighted by molar-refractivity contribution is 7.99. The Morgan fingerprint density at radius 3 is 2.30 bits per heavy atom. The molecule has 0 aliphatic heterocycles. The monoisotopic (exact) mass is 447 g/mol. The van der Waals surface area contributed by atoms with Crippen molar-refractivity contribution in [2.75, 3.05) is 5.75 Å². The number of thioether (sulfide) groups is 1. The van der Waals surface area contributed by atoms with Crippen molar-refractivity contribution >= 4 is 23.1 Å². The number of ketones is 1. The molecule has 30 heavy (non-hydrogen) atoms. The maximum Gasteiger partial charge on any atom is 0.417 e. The first-order valence-corrected chi connectivity index (χ1v) is 9.81. The van der Waals surface area contributed by atoms with Crippen molar-refractivity contribution in [1.82, 2.24) is 4.98 Å². The topological polar surface area (TPSA) is 50.2 Å². The number of hydrogen-bond donors (Lipinski definition) is 1. The summed E-state index contributed by atoms with van der Waals surface area (Å²) in [6.45, 7) is 0. The van der Waals surface area contributed by atoms with Crippen LogP contribution in [-0.4, -0.2) is 21.6 Å². The van der Waals surface area contributed by atoms with Gasteiger partial charge in [0.1, 0.15) is 23.2 Å². The van der Waals surface area contributed by atoms with Gasteiger partial charge < -0.3 is 5.11 Å². The fraction of sp³-hybridized carbons (Fsp3) is 0.300. The highest BCUT2D eigenvalue weighted by Crippen LogP contribution is 2.37. The second-order valence-corrected chi connectivity index (χ2v) is 7.90. The van der Waals surface area contributed by atoms with Gasteiger partial charge in [0.05, 0.1) is 21.7 Å². The number of alkyl halides is 3. The molecule has 0 saturated carbocycles. The van der Waals surface area contributed by atoms with Crippen molar-refractivity contribution in [3.05, 3.63) is 64.8 Å². The van der Waals surface area contributed by atoms with Crippen LogP contribution >= 0.6 is 11.8 Å². The van der Waals surface area contributed by atoms with Crippen molar-refractivity contribution < 1.29 is 36.2 Å². The van der Waals surface area contributed by atoms with Gasteiger partial charge in [0.2, 0.25) is 0 Å². The van der Waals surface area contributed by atoms with Crippen molar-refractivity contribution in [2.24, 2.45) is 5.92 Å². The summed E-state index contributed by atoms with van der Waals surface area (Å²) in [5.41, 5.74) is -2.09. The van der Waals surface area contributed by atoms with Crippen LogP contribution in [0, 0.1) is 23.4 Å². The third kappa shape index (κ3) is 4.97. The second kappa shape index (κ2) is 8.71. The number of rotatable bonds is 5. The van der Waals surface area contributed by atoms with E-state index in [-0.39, 0.29) is 18.8 Å². The lowest BCUT2D eigenvalue weighted by Gasteiger charge is -2.24. The lowest BCUT2D eigenvalue weighted by Crippen LogP contribution is -2.20. The summed E-state index contributed by atoms with van der Waals surface area (Å²) in [7, 11) is 0. The molecule has 1 aliphatic rings. The van der Waals surface area contributed by atoms with Gasteiger partial charge in [-0.3, -0.25) is 4.79 Å². The van der Waals surface area contributed by atoms with Crippen LogP contribution in [0.1, 0.15) is 30.4 Å². The number of pyridine rings is 1. The van der Waals surface area contributed by atoms with Crippen LogP contribution in [0.15, 0.2) is 41.2 Å². The van der Waals surface area contributed by atoms with Crippen molar-refractivity contribution in [3.63, 3.8) is 0 Å². The molecule has 1 N–H and O–H groups in total. The van der Waals surface area contributed by atoms with Gasteiger partial charge in [-0.1, -0.05) is 0 Å². The number of aromatic nitrogens is 1. The molecular formula is C20H15F6NO2S. The third-order valence-corrected chi connectivity index (χ3v) is 5.60. The summed E-state index contributed by atoms with van der Waals surface area (Å²) < 4.78 is 78.7. The molecule has 1 aromatic heterocycles. The molecule has 0 bridgehead atoms. The first-order valence-electron chi connectivity index (χ1n) is 8.82. The zero-order valence-corrected chi connectivity index (χ0v) is 16.1. The van der Waals surface area contributed by atoms with E-state index in [1.54, 1.807) is 0 Å². The average Bonchev–Trinajstić information content (AvgIpc) is 2.63. The minimum atomic E-state index is -4.47. The van der Waals surface area contributed by atoms with Crippen LogP contribution in [0.2, 0.25) is 0 Å². The van der Waals surface area contributed by atoms with Crippen LogP contribution in [0.5, 0.6) is 0 Å². The van der Waals surface area contributed by atoms with E-state index in [4.69, 9.17) is 0 Å². The Kier molecular flexibility index (Phi) is 6.44. The Balaban J connectivity index is 1.64. The number of aliphatic hydroxyl groups excluding tert-OH is 1. The third-order valence-electron chi connectivity index (χ3n) is 4.62. The van der Waals surface area contributed by atoms with Crippen LogP contribution in [-0.2, 0) is 11.0 Å². The lowest BCUT2D eigenvalue weighted by atomic mass is 9.82. The van der Waals surface area contributed by atoms with Crippen LogP contribution < -0.4 is 0 Å². The minimum Gasteiger partial charge on any atom is -0.512 e. The molecular weight excluding hydrogens is 432 g/mol. The zero-order chi connectivity index (χ0) is 22.1. The Bertz CT molecular complexity index is 965. The van der Waals surface area contributed by atoms with E-state index in [2.05, 4.69) is 4.98 Å². The second-order valence-electron chi connectivity index (χ2n) is 6.78. The van der Waals surface area contributed by atoms with Gasteiger partial charge in [0.25, 0.3) is 0 Å². The zero-order valence-electron chi connectivity index (χ0n) is 15.3. The first-order chi connectivity index (χ1) is 14.1. The van der Waals surface area contributed by atoms with Gasteiger partial charge >= 0.3 is 6.18 Å². The van der Waals surface area contributed by atoms with Gasteiger partial charge in [-0.05, 0) is 30.2 Å². The molecule has 0 radical (unpaired) electrons. The summed E-state index contributed by atoms with van der Waals surface area (Å²) in [6.07, 6.45) is -3.39. The average molecular weight is 447 g/mol. The largest absolute Gasteiger partial charge is 0.512 e. The SMILES string of the molecule is O=C1CC(CCSc2ccc(C(F)(F)F)cn2)CC(O)=C1c1c(F)cc(F)cc1F. The molecule has 160 valence electrons. The van der Waals surface area contributed by atoms with Crippen molar-refractivity contribution in [2.45, 2.75) is 30.5 Å². The maximum absolute atomic E-state index is 14.0. The van der Waals surface area contributed by atoms with E-state index in [0.717, 1.165) is 12.3 Å². The molecule has 1 atom stereocenters. The minimum absolute atomic E-state index is 0.00166. The normalized spacial score (nSPS) is 17.5. The highest BCUT2D eigenvalue weighted by Gasteiger charge is 2.32. The summed E-state index contributed by atoms with van der Waals surface area (Å²) >= 11 is 1.19. The van der Waals surface area contributed by atoms with E-state index >= 15 is 0 Å². The first kappa shape index (κ1) is 22.2. The van der Waals surface area contributed by atoms with Crippen molar-refractivity contribution in [1.29, 1.82) is 0 Å². The number of benzene rings is 1. The standard InChI is InChI=1S/C20H15F6NO2S/c21-12-7-13(22)18(14(23)8-12)19-15(28)5-10(6-16(19)29)3-4-30-17-2-1-11(9-27-17)20(24,25)26/h1-2,7-10,28H,3-6H2. The van der Waals surface area contributed by atoms with Gasteiger partial charge in [-0.25, -0.2) is 18.2 Å². The van der Waals surface area contributed by atoms with Gasteiger partial charge in [-0.2, -0.15) is 13.2 Å². The number of halogens is 6. The number of allylic oxidation sites excluding steroid dienone is 2. The quantitative estimate of drug-likeness (QED) is 0.455. The predicted octanol–water partition coefficient (Wildman–Crippen LogP) is 5.95. The Morgan fingerprint density at radius 2 is 1.77 bits per heavy atom. The molecule has 0 saturated heterocycles. The number of aliphatic hydroxyl groups is 1. The number of nitrogens with zero attached hydrogens (tertiary/aromatic N) is 1. The maximum atomic E-state index is 14.0. The molecule has 1 unspecified atom stereocenters. The Hall–Kier alpha value is -2.49. The predicted molar refractivity (Wildman–Crippen MR) is 98.2 cm³/mol. The smallest absolute Gasteiger partial charge is 0.417 e. The fourth-order valence-corrected chi connectivity index (χ4v) is 4.16. The van der Waals surface area contributed by atoms with Gasteiger partial charge in [-0.15, -0.1) is 11.8 Å². The molecule has 1 heterocycles. The molecule has 3 rings (SSSR count). The fourth-order valence-electron chi connectivity index (χ4n) is 3.21. The molecule has 10 heteroatoms. The van der Waals surface area contributed by atoms with E-state index in [0.29, 0.717) is 29.3 Å². The lowest BCUT2D eigenvalue weighted by molar-refractivity contribution is -0.137. The Labute approximate surface area is 171 Å². The molecule has 0 fully saturated rings. The summed E-state index contributed by atoms with van der Waals surface area (Å²) in [5, 5.41) is 10.6. The summed E-state index contributed by atoms with van der Waals surface area (Å²) in [6, 6.07) is 3.04. The number of carbonyl (C=O) groups excluding carboxylic acids is 1.